The lowest BCUT2D eigenvalue weighted by Gasteiger charge is -2.04. The molecule has 0 atom stereocenters. The molecule has 0 spiro atoms. The molecule has 0 saturated heterocycles. The first-order valence-corrected chi connectivity index (χ1v) is 6.74. The summed E-state index contributed by atoms with van der Waals surface area (Å²) in [6.07, 6.45) is 0. The Balaban J connectivity index is 1.98. The van der Waals surface area contributed by atoms with Crippen LogP contribution in [-0.2, 0) is 6.61 Å². The molecule has 1 aromatic carbocycles. The van der Waals surface area contributed by atoms with Gasteiger partial charge in [-0.1, -0.05) is 23.4 Å². The fraction of sp³-hybridized carbons (Fsp3) is 0.143. The topological polar surface area (TPSA) is 35.2 Å². The fourth-order valence-electron chi connectivity index (χ4n) is 1.38. The van der Waals surface area contributed by atoms with Crippen molar-refractivity contribution >= 4 is 22.9 Å². The molecule has 0 fully saturated rings. The summed E-state index contributed by atoms with van der Waals surface area (Å²) in [6, 6.07) is 8.21. The lowest BCUT2D eigenvalue weighted by molar-refractivity contribution is 0.308. The monoisotopic (exact) mass is 295 g/mol. The molecular weight excluding hydrogens is 285 g/mol. The van der Waals surface area contributed by atoms with Gasteiger partial charge in [0.2, 0.25) is 0 Å². The average Bonchev–Trinajstić information content (AvgIpc) is 2.86. The summed E-state index contributed by atoms with van der Waals surface area (Å²) < 4.78 is 18.7. The Morgan fingerprint density at radius 3 is 2.89 bits per heavy atom. The molecule has 0 unspecified atom stereocenters. The molecule has 5 heteroatoms. The number of hydrogen-bond donors (Lipinski definition) is 1. The van der Waals surface area contributed by atoms with E-state index in [0.717, 1.165) is 9.75 Å². The summed E-state index contributed by atoms with van der Waals surface area (Å²) in [4.78, 5) is 1.95. The molecule has 0 aliphatic rings. The van der Waals surface area contributed by atoms with Crippen molar-refractivity contribution in [3.8, 4) is 17.6 Å². The minimum atomic E-state index is -0.486. The van der Waals surface area contributed by atoms with E-state index >= 15 is 0 Å². The molecule has 0 radical (unpaired) electrons. The van der Waals surface area contributed by atoms with Gasteiger partial charge in [0, 0.05) is 10.9 Å². The van der Waals surface area contributed by atoms with Crippen LogP contribution in [0, 0.1) is 17.7 Å². The lowest BCUT2D eigenvalue weighted by Crippen LogP contribution is -1.93. The zero-order valence-electron chi connectivity index (χ0n) is 9.95. The Kier molecular flexibility index (Phi) is 4.80. The van der Waals surface area contributed by atoms with E-state index in [2.05, 4.69) is 11.8 Å². The molecule has 2 nitrogen and oxygen atoms in total. The van der Waals surface area contributed by atoms with Gasteiger partial charge < -0.3 is 10.5 Å². The molecule has 19 heavy (non-hydrogen) atoms. The van der Waals surface area contributed by atoms with E-state index in [1.807, 2.05) is 12.1 Å². The van der Waals surface area contributed by atoms with Crippen LogP contribution in [-0.4, -0.2) is 6.54 Å². The number of halogens is 2. The van der Waals surface area contributed by atoms with E-state index in [-0.39, 0.29) is 5.02 Å². The molecule has 0 amide bonds. The van der Waals surface area contributed by atoms with E-state index in [1.54, 1.807) is 6.07 Å². The highest BCUT2D eigenvalue weighted by Gasteiger charge is 2.03. The lowest BCUT2D eigenvalue weighted by atomic mass is 10.3. The van der Waals surface area contributed by atoms with Gasteiger partial charge in [-0.05, 0) is 24.3 Å². The molecule has 98 valence electrons. The number of thiophene rings is 1. The summed E-state index contributed by atoms with van der Waals surface area (Å²) >= 11 is 7.12. The summed E-state index contributed by atoms with van der Waals surface area (Å²) in [7, 11) is 0. The van der Waals surface area contributed by atoms with Gasteiger partial charge in [-0.15, -0.1) is 11.3 Å². The minimum Gasteiger partial charge on any atom is -0.488 e. The second-order valence-electron chi connectivity index (χ2n) is 3.64. The molecule has 0 bridgehead atoms. The summed E-state index contributed by atoms with van der Waals surface area (Å²) in [5, 5.41) is 0.0859. The minimum absolute atomic E-state index is 0.0859. The Hall–Kier alpha value is -1.54. The Morgan fingerprint density at radius 2 is 2.16 bits per heavy atom. The normalized spacial score (nSPS) is 9.84. The number of hydrogen-bond acceptors (Lipinski definition) is 3. The van der Waals surface area contributed by atoms with Crippen molar-refractivity contribution in [1.82, 2.24) is 0 Å². The largest absolute Gasteiger partial charge is 0.488 e. The molecule has 2 aromatic rings. The van der Waals surface area contributed by atoms with E-state index < -0.39 is 5.82 Å². The molecule has 1 aromatic heterocycles. The SMILES string of the molecule is NCC#Cc1ccc(COc2ccc(Cl)c(F)c2)s1. The maximum absolute atomic E-state index is 13.2. The molecule has 1 heterocycles. The van der Waals surface area contributed by atoms with Crippen LogP contribution >= 0.6 is 22.9 Å². The van der Waals surface area contributed by atoms with Crippen molar-refractivity contribution in [2.24, 2.45) is 5.73 Å². The van der Waals surface area contributed by atoms with Crippen LogP contribution in [0.1, 0.15) is 9.75 Å². The van der Waals surface area contributed by atoms with Gasteiger partial charge in [0.05, 0.1) is 16.4 Å². The highest BCUT2D eigenvalue weighted by molar-refractivity contribution is 7.12. The first-order valence-electron chi connectivity index (χ1n) is 5.54. The van der Waals surface area contributed by atoms with Gasteiger partial charge in [0.15, 0.2) is 0 Å². The van der Waals surface area contributed by atoms with Crippen LogP contribution in [0.4, 0.5) is 4.39 Å². The third-order valence-electron chi connectivity index (χ3n) is 2.25. The third-order valence-corrected chi connectivity index (χ3v) is 3.53. The van der Waals surface area contributed by atoms with Gasteiger partial charge in [0.1, 0.15) is 18.2 Å². The van der Waals surface area contributed by atoms with E-state index in [9.17, 15) is 4.39 Å². The van der Waals surface area contributed by atoms with Crippen LogP contribution in [0.5, 0.6) is 5.75 Å². The standard InChI is InChI=1S/C14H11ClFNOS/c15-13-6-3-10(8-14(13)16)18-9-12-5-4-11(19-12)2-1-7-17/h3-6,8H,7,9,17H2. The number of nitrogens with two attached hydrogens (primary N) is 1. The predicted molar refractivity (Wildman–Crippen MR) is 76.0 cm³/mol. The van der Waals surface area contributed by atoms with E-state index in [0.29, 0.717) is 18.9 Å². The smallest absolute Gasteiger partial charge is 0.145 e. The first kappa shape index (κ1) is 13.9. The van der Waals surface area contributed by atoms with Crippen molar-refractivity contribution in [2.45, 2.75) is 6.61 Å². The Morgan fingerprint density at radius 1 is 1.32 bits per heavy atom. The summed E-state index contributed by atoms with van der Waals surface area (Å²) in [6.45, 7) is 0.712. The van der Waals surface area contributed by atoms with Crippen molar-refractivity contribution in [3.05, 3.63) is 50.9 Å². The van der Waals surface area contributed by atoms with Gasteiger partial charge in [-0.25, -0.2) is 4.39 Å². The molecule has 0 aliphatic carbocycles. The Labute approximate surface area is 120 Å². The Bertz CT molecular complexity index is 630. The maximum Gasteiger partial charge on any atom is 0.145 e. The van der Waals surface area contributed by atoms with Gasteiger partial charge in [-0.3, -0.25) is 0 Å². The molecular formula is C14H11ClFNOS. The molecule has 0 aliphatic heterocycles. The highest BCUT2D eigenvalue weighted by Crippen LogP contribution is 2.22. The fourth-order valence-corrected chi connectivity index (χ4v) is 2.30. The summed E-state index contributed by atoms with van der Waals surface area (Å²) in [5.41, 5.74) is 5.30. The van der Waals surface area contributed by atoms with Crippen LogP contribution in [0.25, 0.3) is 0 Å². The zero-order valence-corrected chi connectivity index (χ0v) is 11.5. The van der Waals surface area contributed by atoms with Gasteiger partial charge in [0.25, 0.3) is 0 Å². The number of rotatable bonds is 3. The van der Waals surface area contributed by atoms with E-state index in [4.69, 9.17) is 22.1 Å². The van der Waals surface area contributed by atoms with Crippen LogP contribution in [0.2, 0.25) is 5.02 Å². The van der Waals surface area contributed by atoms with Gasteiger partial charge >= 0.3 is 0 Å². The molecule has 2 rings (SSSR count). The molecule has 0 saturated carbocycles. The maximum atomic E-state index is 13.2. The highest BCUT2D eigenvalue weighted by atomic mass is 35.5. The van der Waals surface area contributed by atoms with Crippen molar-refractivity contribution in [3.63, 3.8) is 0 Å². The van der Waals surface area contributed by atoms with Crippen molar-refractivity contribution < 1.29 is 9.13 Å². The number of benzene rings is 1. The van der Waals surface area contributed by atoms with Crippen LogP contribution < -0.4 is 10.5 Å². The quantitative estimate of drug-likeness (QED) is 0.881. The second kappa shape index (κ2) is 6.58. The van der Waals surface area contributed by atoms with Crippen LogP contribution in [0.3, 0.4) is 0 Å². The summed E-state index contributed by atoms with van der Waals surface area (Å²) in [5.74, 6) is 5.70. The number of ether oxygens (including phenoxy) is 1. The van der Waals surface area contributed by atoms with Crippen molar-refractivity contribution in [2.75, 3.05) is 6.54 Å². The van der Waals surface area contributed by atoms with Gasteiger partial charge in [-0.2, -0.15) is 0 Å². The predicted octanol–water partition coefficient (Wildman–Crippen LogP) is 3.43. The molecule has 2 N–H and O–H groups in total. The third kappa shape index (κ3) is 3.97. The zero-order chi connectivity index (χ0) is 13.7. The van der Waals surface area contributed by atoms with E-state index in [1.165, 1.54) is 23.5 Å². The average molecular weight is 296 g/mol. The first-order chi connectivity index (χ1) is 9.19. The van der Waals surface area contributed by atoms with Crippen molar-refractivity contribution in [1.29, 1.82) is 0 Å². The van der Waals surface area contributed by atoms with Crippen LogP contribution in [0.15, 0.2) is 30.3 Å². The second-order valence-corrected chi connectivity index (χ2v) is 5.21.